The average Bonchev–Trinajstić information content (AvgIpc) is 2.41. The van der Waals surface area contributed by atoms with Crippen molar-refractivity contribution in [2.24, 2.45) is 0 Å². The van der Waals surface area contributed by atoms with Crippen LogP contribution in [0.5, 0.6) is 0 Å². The topological polar surface area (TPSA) is 49.4 Å². The van der Waals surface area contributed by atoms with Crippen molar-refractivity contribution in [1.82, 2.24) is 4.90 Å². The van der Waals surface area contributed by atoms with Gasteiger partial charge < -0.3 is 10.2 Å². The van der Waals surface area contributed by atoms with E-state index in [0.29, 0.717) is 25.1 Å². The molecule has 0 aliphatic carbocycles. The van der Waals surface area contributed by atoms with Gasteiger partial charge in [-0.15, -0.1) is 0 Å². The van der Waals surface area contributed by atoms with Crippen LogP contribution in [-0.2, 0) is 4.79 Å². The zero-order valence-electron chi connectivity index (χ0n) is 11.9. The molecule has 1 aromatic rings. The van der Waals surface area contributed by atoms with Crippen molar-refractivity contribution >= 4 is 17.5 Å². The first kappa shape index (κ1) is 15.2. The van der Waals surface area contributed by atoms with Gasteiger partial charge in [0.15, 0.2) is 0 Å². The fourth-order valence-electron chi connectivity index (χ4n) is 1.84. The van der Waals surface area contributed by atoms with Crippen molar-refractivity contribution < 1.29 is 9.59 Å². The summed E-state index contributed by atoms with van der Waals surface area (Å²) in [7, 11) is 0. The van der Waals surface area contributed by atoms with Crippen molar-refractivity contribution in [3.8, 4) is 0 Å². The second kappa shape index (κ2) is 7.56. The van der Waals surface area contributed by atoms with Crippen LogP contribution in [-0.4, -0.2) is 29.8 Å². The first-order valence-electron chi connectivity index (χ1n) is 6.81. The van der Waals surface area contributed by atoms with E-state index in [1.807, 2.05) is 20.8 Å². The molecule has 4 nitrogen and oxygen atoms in total. The van der Waals surface area contributed by atoms with E-state index in [4.69, 9.17) is 0 Å². The molecule has 1 N–H and O–H groups in total. The third kappa shape index (κ3) is 4.39. The molecule has 2 amide bonds. The summed E-state index contributed by atoms with van der Waals surface area (Å²) in [5.41, 5.74) is 1.38. The summed E-state index contributed by atoms with van der Waals surface area (Å²) in [5.74, 6) is 0.0294. The Hall–Kier alpha value is -1.84. The summed E-state index contributed by atoms with van der Waals surface area (Å²) >= 11 is 0. The quantitative estimate of drug-likeness (QED) is 0.857. The summed E-state index contributed by atoms with van der Waals surface area (Å²) < 4.78 is 0. The van der Waals surface area contributed by atoms with Crippen molar-refractivity contribution in [2.75, 3.05) is 18.4 Å². The van der Waals surface area contributed by atoms with Crippen LogP contribution in [0.15, 0.2) is 24.3 Å². The predicted octanol–water partition coefficient (Wildman–Crippen LogP) is 2.91. The average molecular weight is 262 g/mol. The number of nitrogens with zero attached hydrogens (tertiary/aromatic N) is 1. The van der Waals surface area contributed by atoms with Gasteiger partial charge in [0.1, 0.15) is 0 Å². The van der Waals surface area contributed by atoms with Crippen LogP contribution >= 0.6 is 0 Å². The van der Waals surface area contributed by atoms with E-state index in [9.17, 15) is 9.59 Å². The van der Waals surface area contributed by atoms with Crippen LogP contribution in [0, 0.1) is 0 Å². The number of carbonyl (C=O) groups is 2. The normalized spacial score (nSPS) is 10.1. The molecule has 0 radical (unpaired) electrons. The van der Waals surface area contributed by atoms with Gasteiger partial charge in [0.05, 0.1) is 0 Å². The van der Waals surface area contributed by atoms with E-state index >= 15 is 0 Å². The van der Waals surface area contributed by atoms with E-state index < -0.39 is 0 Å². The molecule has 1 aromatic carbocycles. The van der Waals surface area contributed by atoms with Crippen LogP contribution in [0.3, 0.4) is 0 Å². The summed E-state index contributed by atoms with van der Waals surface area (Å²) in [6.07, 6.45) is 1.34. The number of nitrogens with one attached hydrogen (secondary N) is 1. The molecule has 0 saturated heterocycles. The highest BCUT2D eigenvalue weighted by atomic mass is 16.2. The minimum atomic E-state index is 0.00493. The molecular formula is C15H22N2O2. The summed E-state index contributed by atoms with van der Waals surface area (Å²) in [5, 5.41) is 2.80. The van der Waals surface area contributed by atoms with Crippen LogP contribution in [0.4, 0.5) is 5.69 Å². The van der Waals surface area contributed by atoms with E-state index in [2.05, 4.69) is 5.32 Å². The third-order valence-corrected chi connectivity index (χ3v) is 2.94. The van der Waals surface area contributed by atoms with Crippen molar-refractivity contribution in [1.29, 1.82) is 0 Å². The second-order valence-electron chi connectivity index (χ2n) is 4.35. The Balaban J connectivity index is 2.70. The van der Waals surface area contributed by atoms with Gasteiger partial charge in [-0.2, -0.15) is 0 Å². The standard InChI is InChI=1S/C15H22N2O2/c1-4-7-14(18)16-13-10-8-12(9-11-13)15(19)17(5-2)6-3/h8-11H,4-7H2,1-3H3,(H,16,18). The van der Waals surface area contributed by atoms with Crippen LogP contribution < -0.4 is 5.32 Å². The SMILES string of the molecule is CCCC(=O)Nc1ccc(C(=O)N(CC)CC)cc1. The maximum atomic E-state index is 12.1. The number of amides is 2. The summed E-state index contributed by atoms with van der Waals surface area (Å²) in [6.45, 7) is 7.28. The Labute approximate surface area is 114 Å². The maximum Gasteiger partial charge on any atom is 0.253 e. The fourth-order valence-corrected chi connectivity index (χ4v) is 1.84. The van der Waals surface area contributed by atoms with E-state index in [0.717, 1.165) is 12.1 Å². The minimum Gasteiger partial charge on any atom is -0.339 e. The Morgan fingerprint density at radius 2 is 1.63 bits per heavy atom. The zero-order chi connectivity index (χ0) is 14.3. The molecule has 0 aromatic heterocycles. The Morgan fingerprint density at radius 3 is 2.11 bits per heavy atom. The van der Waals surface area contributed by atoms with Gasteiger partial charge >= 0.3 is 0 Å². The molecule has 0 aliphatic heterocycles. The molecule has 0 spiro atoms. The largest absolute Gasteiger partial charge is 0.339 e. The van der Waals surface area contributed by atoms with Gasteiger partial charge in [0.2, 0.25) is 5.91 Å². The molecule has 0 unspecified atom stereocenters. The third-order valence-electron chi connectivity index (χ3n) is 2.94. The monoisotopic (exact) mass is 262 g/mol. The molecular weight excluding hydrogens is 240 g/mol. The molecule has 0 saturated carbocycles. The van der Waals surface area contributed by atoms with Gasteiger partial charge in [-0.3, -0.25) is 9.59 Å². The first-order valence-corrected chi connectivity index (χ1v) is 6.81. The van der Waals surface area contributed by atoms with E-state index in [-0.39, 0.29) is 11.8 Å². The maximum absolute atomic E-state index is 12.1. The second-order valence-corrected chi connectivity index (χ2v) is 4.35. The van der Waals surface area contributed by atoms with Gasteiger partial charge in [0, 0.05) is 30.8 Å². The molecule has 19 heavy (non-hydrogen) atoms. The molecule has 0 bridgehead atoms. The molecule has 4 heteroatoms. The smallest absolute Gasteiger partial charge is 0.253 e. The van der Waals surface area contributed by atoms with Crippen LogP contribution in [0.25, 0.3) is 0 Å². The van der Waals surface area contributed by atoms with Crippen LogP contribution in [0.1, 0.15) is 44.0 Å². The lowest BCUT2D eigenvalue weighted by molar-refractivity contribution is -0.116. The lowest BCUT2D eigenvalue weighted by Gasteiger charge is -2.18. The number of hydrogen-bond donors (Lipinski definition) is 1. The lowest BCUT2D eigenvalue weighted by atomic mass is 10.1. The van der Waals surface area contributed by atoms with Gasteiger partial charge in [-0.1, -0.05) is 6.92 Å². The molecule has 0 fully saturated rings. The van der Waals surface area contributed by atoms with Crippen molar-refractivity contribution in [3.63, 3.8) is 0 Å². The van der Waals surface area contributed by atoms with Gasteiger partial charge in [-0.25, -0.2) is 0 Å². The minimum absolute atomic E-state index is 0.00493. The van der Waals surface area contributed by atoms with E-state index in [1.54, 1.807) is 29.2 Å². The molecule has 0 heterocycles. The highest BCUT2D eigenvalue weighted by molar-refractivity contribution is 5.95. The Bertz CT molecular complexity index is 422. The molecule has 0 atom stereocenters. The molecule has 104 valence electrons. The Kier molecular flexibility index (Phi) is 6.06. The highest BCUT2D eigenvalue weighted by Crippen LogP contribution is 2.12. The van der Waals surface area contributed by atoms with E-state index in [1.165, 1.54) is 0 Å². The summed E-state index contributed by atoms with van der Waals surface area (Å²) in [6, 6.07) is 7.04. The predicted molar refractivity (Wildman–Crippen MR) is 77.2 cm³/mol. The number of benzene rings is 1. The lowest BCUT2D eigenvalue weighted by Crippen LogP contribution is -2.30. The number of anilines is 1. The zero-order valence-corrected chi connectivity index (χ0v) is 11.9. The van der Waals surface area contributed by atoms with Crippen LogP contribution in [0.2, 0.25) is 0 Å². The highest BCUT2D eigenvalue weighted by Gasteiger charge is 2.12. The van der Waals surface area contributed by atoms with Crippen molar-refractivity contribution in [3.05, 3.63) is 29.8 Å². The molecule has 0 aliphatic rings. The number of carbonyl (C=O) groups excluding carboxylic acids is 2. The fraction of sp³-hybridized carbons (Fsp3) is 0.467. The van der Waals surface area contributed by atoms with Gasteiger partial charge in [0.25, 0.3) is 5.91 Å². The number of hydrogen-bond acceptors (Lipinski definition) is 2. The van der Waals surface area contributed by atoms with Gasteiger partial charge in [-0.05, 0) is 44.5 Å². The number of rotatable bonds is 6. The Morgan fingerprint density at radius 1 is 1.05 bits per heavy atom. The van der Waals surface area contributed by atoms with Crippen molar-refractivity contribution in [2.45, 2.75) is 33.6 Å². The molecule has 1 rings (SSSR count). The summed E-state index contributed by atoms with van der Waals surface area (Å²) in [4.78, 5) is 25.3. The first-order chi connectivity index (χ1) is 9.12.